The van der Waals surface area contributed by atoms with Gasteiger partial charge in [0, 0.05) is 12.1 Å². The number of amides is 3. The van der Waals surface area contributed by atoms with Gasteiger partial charge in [0.05, 0.1) is 7.11 Å². The first-order valence-corrected chi connectivity index (χ1v) is 7.82. The zero-order chi connectivity index (χ0) is 18.0. The van der Waals surface area contributed by atoms with Crippen LogP contribution in [0.1, 0.15) is 18.9 Å². The largest absolute Gasteiger partial charge is 0.496 e. The molecule has 0 radical (unpaired) electrons. The Bertz CT molecular complexity index is 824. The molecule has 0 saturated carbocycles. The summed E-state index contributed by atoms with van der Waals surface area (Å²) in [6.07, 6.45) is 1.76. The highest BCUT2D eigenvalue weighted by atomic mass is 16.5. The van der Waals surface area contributed by atoms with E-state index in [0.717, 1.165) is 10.5 Å². The summed E-state index contributed by atoms with van der Waals surface area (Å²) in [6.45, 7) is 3.75. The van der Waals surface area contributed by atoms with E-state index in [2.05, 4.69) is 15.3 Å². The van der Waals surface area contributed by atoms with Gasteiger partial charge < -0.3 is 14.8 Å². The molecule has 25 heavy (non-hydrogen) atoms. The van der Waals surface area contributed by atoms with Crippen molar-refractivity contribution in [2.24, 2.45) is 0 Å². The molecular formula is C17H18N4O4. The molecule has 8 heteroatoms. The number of hydrogen-bond donors (Lipinski definition) is 1. The van der Waals surface area contributed by atoms with Crippen molar-refractivity contribution in [3.8, 4) is 17.4 Å². The van der Waals surface area contributed by atoms with Crippen LogP contribution in [0.4, 0.5) is 10.6 Å². The number of rotatable bonds is 5. The lowest BCUT2D eigenvalue weighted by molar-refractivity contribution is -0.118. The Morgan fingerprint density at radius 2 is 2.04 bits per heavy atom. The molecule has 1 atom stereocenters. The molecule has 1 aromatic heterocycles. The van der Waals surface area contributed by atoms with Crippen molar-refractivity contribution >= 4 is 17.8 Å². The van der Waals surface area contributed by atoms with Gasteiger partial charge in [-0.3, -0.25) is 4.79 Å². The normalized spacial score (nSPS) is 16.8. The third-order valence-electron chi connectivity index (χ3n) is 3.89. The maximum absolute atomic E-state index is 12.3. The van der Waals surface area contributed by atoms with Crippen molar-refractivity contribution < 1.29 is 19.1 Å². The van der Waals surface area contributed by atoms with Crippen LogP contribution in [-0.4, -0.2) is 35.1 Å². The number of benzene rings is 1. The second kappa shape index (κ2) is 6.76. The molecule has 1 aromatic carbocycles. The number of aromatic nitrogens is 2. The summed E-state index contributed by atoms with van der Waals surface area (Å²) in [7, 11) is 1.58. The van der Waals surface area contributed by atoms with Crippen molar-refractivity contribution in [1.29, 1.82) is 0 Å². The molecule has 0 bridgehead atoms. The lowest BCUT2D eigenvalue weighted by Crippen LogP contribution is -2.32. The highest BCUT2D eigenvalue weighted by Crippen LogP contribution is 2.28. The predicted molar refractivity (Wildman–Crippen MR) is 89.9 cm³/mol. The maximum Gasteiger partial charge on any atom is 0.330 e. The molecule has 130 valence electrons. The van der Waals surface area contributed by atoms with Gasteiger partial charge in [-0.15, -0.1) is 0 Å². The van der Waals surface area contributed by atoms with Crippen molar-refractivity contribution in [2.75, 3.05) is 12.0 Å². The molecule has 0 aliphatic carbocycles. The van der Waals surface area contributed by atoms with E-state index in [4.69, 9.17) is 9.47 Å². The molecule has 2 heterocycles. The van der Waals surface area contributed by atoms with Crippen molar-refractivity contribution in [3.63, 3.8) is 0 Å². The molecule has 1 N–H and O–H groups in total. The summed E-state index contributed by atoms with van der Waals surface area (Å²) in [6, 6.07) is 5.78. The molecule has 2 aromatic rings. The highest BCUT2D eigenvalue weighted by Gasteiger charge is 2.38. The quantitative estimate of drug-likeness (QED) is 0.839. The number of urea groups is 1. The molecule has 8 nitrogen and oxygen atoms in total. The van der Waals surface area contributed by atoms with Gasteiger partial charge in [0.25, 0.3) is 5.91 Å². The van der Waals surface area contributed by atoms with E-state index in [1.165, 1.54) is 12.4 Å². The summed E-state index contributed by atoms with van der Waals surface area (Å²) < 4.78 is 11.0. The highest BCUT2D eigenvalue weighted by molar-refractivity contribution is 6.20. The first kappa shape index (κ1) is 16.7. The monoisotopic (exact) mass is 342 g/mol. The van der Waals surface area contributed by atoms with Crippen LogP contribution < -0.4 is 19.7 Å². The van der Waals surface area contributed by atoms with E-state index in [-0.39, 0.29) is 17.6 Å². The Hall–Kier alpha value is -3.16. The van der Waals surface area contributed by atoms with E-state index in [9.17, 15) is 9.59 Å². The standard InChI is InChI=1S/C17H18N4O4/c1-4-12-16(22)21(17(23)20-12)14-8-15(19-9-18-14)25-11-6-5-10(2)13(7-11)24-3/h5-9,12H,4H2,1-3H3,(H,20,23)/t12-/m1/s1. The fourth-order valence-electron chi connectivity index (χ4n) is 2.52. The van der Waals surface area contributed by atoms with Gasteiger partial charge in [-0.1, -0.05) is 13.0 Å². The Morgan fingerprint density at radius 3 is 2.72 bits per heavy atom. The predicted octanol–water partition coefficient (Wildman–Crippen LogP) is 2.42. The molecule has 1 fully saturated rings. The summed E-state index contributed by atoms with van der Waals surface area (Å²) in [5.41, 5.74) is 0.975. The van der Waals surface area contributed by atoms with E-state index < -0.39 is 12.1 Å². The minimum absolute atomic E-state index is 0.169. The number of anilines is 1. The van der Waals surface area contributed by atoms with E-state index in [1.807, 2.05) is 19.9 Å². The lowest BCUT2D eigenvalue weighted by atomic mass is 10.2. The maximum atomic E-state index is 12.3. The van der Waals surface area contributed by atoms with Gasteiger partial charge in [-0.25, -0.2) is 19.7 Å². The molecule has 0 spiro atoms. The summed E-state index contributed by atoms with van der Waals surface area (Å²) >= 11 is 0. The Labute approximate surface area is 144 Å². The van der Waals surface area contributed by atoms with Crippen LogP contribution >= 0.6 is 0 Å². The first-order chi connectivity index (χ1) is 12.0. The third-order valence-corrected chi connectivity index (χ3v) is 3.89. The van der Waals surface area contributed by atoms with Crippen molar-refractivity contribution in [1.82, 2.24) is 15.3 Å². The summed E-state index contributed by atoms with van der Waals surface area (Å²) in [5.74, 6) is 1.26. The number of aryl methyl sites for hydroxylation is 1. The fourth-order valence-corrected chi connectivity index (χ4v) is 2.52. The van der Waals surface area contributed by atoms with Crippen LogP contribution in [0.25, 0.3) is 0 Å². The van der Waals surface area contributed by atoms with Crippen LogP contribution in [0, 0.1) is 6.92 Å². The second-order valence-corrected chi connectivity index (χ2v) is 5.53. The SMILES string of the molecule is CC[C@H]1NC(=O)N(c2cc(Oc3ccc(C)c(OC)c3)ncn2)C1=O. The molecule has 1 aliphatic rings. The van der Waals surface area contributed by atoms with Gasteiger partial charge in [-0.05, 0) is 25.0 Å². The van der Waals surface area contributed by atoms with Gasteiger partial charge in [0.15, 0.2) is 5.82 Å². The molecular weight excluding hydrogens is 324 g/mol. The number of ether oxygens (including phenoxy) is 2. The van der Waals surface area contributed by atoms with Crippen molar-refractivity contribution in [3.05, 3.63) is 36.2 Å². The van der Waals surface area contributed by atoms with Crippen molar-refractivity contribution in [2.45, 2.75) is 26.3 Å². The van der Waals surface area contributed by atoms with Crippen LogP contribution in [0.15, 0.2) is 30.6 Å². The minimum Gasteiger partial charge on any atom is -0.496 e. The van der Waals surface area contributed by atoms with E-state index in [0.29, 0.717) is 17.9 Å². The number of carbonyl (C=O) groups excluding carboxylic acids is 2. The van der Waals surface area contributed by atoms with E-state index in [1.54, 1.807) is 19.2 Å². The molecule has 1 aliphatic heterocycles. The lowest BCUT2D eigenvalue weighted by Gasteiger charge is -2.13. The van der Waals surface area contributed by atoms with Crippen LogP contribution in [0.3, 0.4) is 0 Å². The van der Waals surface area contributed by atoms with E-state index >= 15 is 0 Å². The second-order valence-electron chi connectivity index (χ2n) is 5.53. The Morgan fingerprint density at radius 1 is 1.24 bits per heavy atom. The number of hydrogen-bond acceptors (Lipinski definition) is 6. The molecule has 0 unspecified atom stereocenters. The molecule has 3 rings (SSSR count). The first-order valence-electron chi connectivity index (χ1n) is 7.82. The third kappa shape index (κ3) is 3.23. The summed E-state index contributed by atoms with van der Waals surface area (Å²) in [4.78, 5) is 33.3. The number of nitrogens with one attached hydrogen (secondary N) is 1. The average molecular weight is 342 g/mol. The van der Waals surface area contributed by atoms with Gasteiger partial charge in [0.1, 0.15) is 23.9 Å². The fraction of sp³-hybridized carbons (Fsp3) is 0.294. The Balaban J connectivity index is 1.85. The van der Waals surface area contributed by atoms with Crippen LogP contribution in [-0.2, 0) is 4.79 Å². The van der Waals surface area contributed by atoms with Gasteiger partial charge in [-0.2, -0.15) is 0 Å². The Kier molecular flexibility index (Phi) is 4.51. The number of methoxy groups -OCH3 is 1. The molecule has 1 saturated heterocycles. The van der Waals surface area contributed by atoms with Crippen LogP contribution in [0.2, 0.25) is 0 Å². The number of imide groups is 1. The van der Waals surface area contributed by atoms with Crippen LogP contribution in [0.5, 0.6) is 17.4 Å². The zero-order valence-corrected chi connectivity index (χ0v) is 14.1. The zero-order valence-electron chi connectivity index (χ0n) is 14.1. The molecule has 3 amide bonds. The topological polar surface area (TPSA) is 93.7 Å². The van der Waals surface area contributed by atoms with Gasteiger partial charge >= 0.3 is 6.03 Å². The average Bonchev–Trinajstić information content (AvgIpc) is 2.90. The number of nitrogens with zero attached hydrogens (tertiary/aromatic N) is 3. The minimum atomic E-state index is -0.534. The number of carbonyl (C=O) groups is 2. The summed E-state index contributed by atoms with van der Waals surface area (Å²) in [5, 5.41) is 2.61. The van der Waals surface area contributed by atoms with Gasteiger partial charge in [0.2, 0.25) is 5.88 Å². The smallest absolute Gasteiger partial charge is 0.330 e.